The molecule has 0 aromatic carbocycles. The Hall–Kier alpha value is -1.18. The van der Waals surface area contributed by atoms with Crippen LogP contribution in [-0.4, -0.2) is 71.1 Å². The predicted molar refractivity (Wildman–Crippen MR) is 187 cm³/mol. The minimum absolute atomic E-state index is 0.0223. The number of carbonyl (C=O) groups is 2. The molecule has 7 nitrogen and oxygen atoms in total. The van der Waals surface area contributed by atoms with Crippen LogP contribution in [-0.2, 0) is 19.1 Å². The van der Waals surface area contributed by atoms with Gasteiger partial charge >= 0.3 is 11.9 Å². The van der Waals surface area contributed by atoms with E-state index in [1.807, 2.05) is 20.8 Å². The molecular weight excluding hydrogens is 566 g/mol. The maximum Gasteiger partial charge on any atom is 0.309 e. The van der Waals surface area contributed by atoms with Gasteiger partial charge in [0, 0.05) is 13.1 Å². The summed E-state index contributed by atoms with van der Waals surface area (Å²) in [4.78, 5) is 27.2. The van der Waals surface area contributed by atoms with Crippen molar-refractivity contribution in [2.75, 3.05) is 26.2 Å². The first-order chi connectivity index (χ1) is 21.5. The Kier molecular flexibility index (Phi) is 28.2. The third-order valence-electron chi connectivity index (χ3n) is 8.45. The maximum atomic E-state index is 12.6. The van der Waals surface area contributed by atoms with E-state index >= 15 is 0 Å². The van der Waals surface area contributed by atoms with Gasteiger partial charge in [0.2, 0.25) is 0 Å². The van der Waals surface area contributed by atoms with Gasteiger partial charge in [0.1, 0.15) is 5.60 Å². The highest BCUT2D eigenvalue weighted by Crippen LogP contribution is 2.20. The van der Waals surface area contributed by atoms with Gasteiger partial charge in [0.25, 0.3) is 0 Å². The van der Waals surface area contributed by atoms with E-state index in [0.717, 1.165) is 57.9 Å². The Morgan fingerprint density at radius 1 is 0.622 bits per heavy atom. The number of aliphatic hydroxyl groups is 2. The lowest BCUT2D eigenvalue weighted by molar-refractivity contribution is -0.161. The first-order valence-electron chi connectivity index (χ1n) is 19.0. The molecule has 3 unspecified atom stereocenters. The molecule has 0 saturated carbocycles. The lowest BCUT2D eigenvalue weighted by Gasteiger charge is -2.28. The zero-order valence-corrected chi connectivity index (χ0v) is 30.6. The zero-order valence-electron chi connectivity index (χ0n) is 30.6. The SMILES string of the molecule is CCCCCCCCCCC(O)CN(CCCCC(CC(=O)OC(C)(C)C)C(=O)OCC)CC(O)CCCCCCCCCC. The Bertz CT molecular complexity index is 666. The number of nitrogens with zero attached hydrogens (tertiary/aromatic N) is 1. The van der Waals surface area contributed by atoms with Gasteiger partial charge in [-0.15, -0.1) is 0 Å². The summed E-state index contributed by atoms with van der Waals surface area (Å²) in [6.45, 7) is 13.9. The fourth-order valence-electron chi connectivity index (χ4n) is 5.94. The molecule has 268 valence electrons. The first kappa shape index (κ1) is 43.8. The van der Waals surface area contributed by atoms with Crippen LogP contribution in [0.15, 0.2) is 0 Å². The number of carbonyl (C=O) groups excluding carboxylic acids is 2. The van der Waals surface area contributed by atoms with Crippen LogP contribution in [0.4, 0.5) is 0 Å². The number of ether oxygens (including phenoxy) is 2. The van der Waals surface area contributed by atoms with Crippen LogP contribution in [0.2, 0.25) is 0 Å². The van der Waals surface area contributed by atoms with E-state index in [-0.39, 0.29) is 25.0 Å². The van der Waals surface area contributed by atoms with Gasteiger partial charge < -0.3 is 19.7 Å². The van der Waals surface area contributed by atoms with E-state index in [9.17, 15) is 19.8 Å². The molecule has 0 radical (unpaired) electrons. The van der Waals surface area contributed by atoms with Gasteiger partial charge in [-0.3, -0.25) is 14.5 Å². The van der Waals surface area contributed by atoms with Crippen molar-refractivity contribution < 1.29 is 29.3 Å². The van der Waals surface area contributed by atoms with E-state index in [0.29, 0.717) is 19.5 Å². The summed E-state index contributed by atoms with van der Waals surface area (Å²) in [6.07, 6.45) is 22.9. The Balaban J connectivity index is 4.83. The molecule has 0 spiro atoms. The summed E-state index contributed by atoms with van der Waals surface area (Å²) in [5.41, 5.74) is -0.596. The van der Waals surface area contributed by atoms with Crippen LogP contribution >= 0.6 is 0 Å². The smallest absolute Gasteiger partial charge is 0.309 e. The third-order valence-corrected chi connectivity index (χ3v) is 8.45. The topological polar surface area (TPSA) is 96.3 Å². The molecule has 0 amide bonds. The second kappa shape index (κ2) is 29.0. The molecule has 0 bridgehead atoms. The quantitative estimate of drug-likeness (QED) is 0.0576. The van der Waals surface area contributed by atoms with Crippen LogP contribution in [0.3, 0.4) is 0 Å². The highest BCUT2D eigenvalue weighted by Gasteiger charge is 2.26. The number of unbranched alkanes of at least 4 members (excludes halogenated alkanes) is 15. The Morgan fingerprint density at radius 3 is 1.47 bits per heavy atom. The average Bonchev–Trinajstić information content (AvgIpc) is 2.96. The first-order valence-corrected chi connectivity index (χ1v) is 19.0. The molecule has 45 heavy (non-hydrogen) atoms. The number of hydrogen-bond acceptors (Lipinski definition) is 7. The minimum atomic E-state index is -0.596. The number of aliphatic hydroxyl groups excluding tert-OH is 2. The van der Waals surface area contributed by atoms with E-state index in [1.165, 1.54) is 77.0 Å². The van der Waals surface area contributed by atoms with Crippen LogP contribution in [0, 0.1) is 5.92 Å². The summed E-state index contributed by atoms with van der Waals surface area (Å²) in [5, 5.41) is 21.7. The average molecular weight is 642 g/mol. The number of hydrogen-bond donors (Lipinski definition) is 2. The lowest BCUT2D eigenvalue weighted by Crippen LogP contribution is -2.38. The normalized spacial score (nSPS) is 14.0. The van der Waals surface area contributed by atoms with Crippen molar-refractivity contribution in [2.45, 2.75) is 201 Å². The molecule has 0 saturated heterocycles. The lowest BCUT2D eigenvalue weighted by atomic mass is 9.98. The molecule has 0 aromatic heterocycles. The molecule has 0 aliphatic rings. The largest absolute Gasteiger partial charge is 0.466 e. The summed E-state index contributed by atoms with van der Waals surface area (Å²) in [6, 6.07) is 0. The van der Waals surface area contributed by atoms with Crippen molar-refractivity contribution >= 4 is 11.9 Å². The summed E-state index contributed by atoms with van der Waals surface area (Å²) < 4.78 is 10.7. The molecule has 0 aliphatic heterocycles. The number of rotatable bonds is 31. The zero-order chi connectivity index (χ0) is 33.8. The van der Waals surface area contributed by atoms with Gasteiger partial charge in [-0.05, 0) is 59.9 Å². The fourth-order valence-corrected chi connectivity index (χ4v) is 5.94. The fraction of sp³-hybridized carbons (Fsp3) is 0.947. The van der Waals surface area contributed by atoms with E-state index in [2.05, 4.69) is 18.7 Å². The van der Waals surface area contributed by atoms with Crippen molar-refractivity contribution in [3.05, 3.63) is 0 Å². The second-order valence-corrected chi connectivity index (χ2v) is 14.3. The van der Waals surface area contributed by atoms with Gasteiger partial charge in [-0.1, -0.05) is 123 Å². The highest BCUT2D eigenvalue weighted by molar-refractivity contribution is 5.80. The second-order valence-electron chi connectivity index (χ2n) is 14.3. The molecular formula is C38H75NO6. The van der Waals surface area contributed by atoms with Crippen molar-refractivity contribution in [1.29, 1.82) is 0 Å². The summed E-state index contributed by atoms with van der Waals surface area (Å²) >= 11 is 0. The maximum absolute atomic E-state index is 12.6. The molecule has 3 atom stereocenters. The molecule has 0 aromatic rings. The van der Waals surface area contributed by atoms with Gasteiger partial charge in [0.05, 0.1) is 31.2 Å². The van der Waals surface area contributed by atoms with Crippen LogP contribution in [0.25, 0.3) is 0 Å². The monoisotopic (exact) mass is 642 g/mol. The van der Waals surface area contributed by atoms with Crippen LogP contribution in [0.5, 0.6) is 0 Å². The number of esters is 2. The Morgan fingerprint density at radius 2 is 1.04 bits per heavy atom. The summed E-state index contributed by atoms with van der Waals surface area (Å²) in [5.74, 6) is -1.24. The van der Waals surface area contributed by atoms with Crippen molar-refractivity contribution in [1.82, 2.24) is 4.90 Å². The minimum Gasteiger partial charge on any atom is -0.466 e. The van der Waals surface area contributed by atoms with E-state index in [4.69, 9.17) is 9.47 Å². The Labute approximate surface area is 278 Å². The highest BCUT2D eigenvalue weighted by atomic mass is 16.6. The molecule has 0 heterocycles. The third kappa shape index (κ3) is 28.7. The molecule has 2 N–H and O–H groups in total. The van der Waals surface area contributed by atoms with Gasteiger partial charge in [0.15, 0.2) is 0 Å². The van der Waals surface area contributed by atoms with Crippen molar-refractivity contribution in [3.63, 3.8) is 0 Å². The van der Waals surface area contributed by atoms with Crippen LogP contribution in [0.1, 0.15) is 183 Å². The molecule has 0 fully saturated rings. The standard InChI is InChI=1S/C38H75NO6/c1-7-10-12-14-16-18-20-22-27-34(40)31-39(32-35(41)28-23-21-19-17-15-13-11-8-2)29-25-24-26-33(37(43)44-9-3)30-36(42)45-38(4,5)6/h33-35,40-41H,7-32H2,1-6H3. The van der Waals surface area contributed by atoms with Crippen LogP contribution < -0.4 is 0 Å². The molecule has 0 rings (SSSR count). The van der Waals surface area contributed by atoms with E-state index < -0.39 is 23.7 Å². The molecule has 0 aliphatic carbocycles. The van der Waals surface area contributed by atoms with Gasteiger partial charge in [-0.25, -0.2) is 0 Å². The predicted octanol–water partition coefficient (Wildman–Crippen LogP) is 9.15. The molecule has 7 heteroatoms. The van der Waals surface area contributed by atoms with Crippen molar-refractivity contribution in [2.24, 2.45) is 5.92 Å². The van der Waals surface area contributed by atoms with Gasteiger partial charge in [-0.2, -0.15) is 0 Å². The van der Waals surface area contributed by atoms with Crippen molar-refractivity contribution in [3.8, 4) is 0 Å². The summed E-state index contributed by atoms with van der Waals surface area (Å²) in [7, 11) is 0. The van der Waals surface area contributed by atoms with E-state index in [1.54, 1.807) is 6.92 Å².